The summed E-state index contributed by atoms with van der Waals surface area (Å²) >= 11 is 3.49. The molecule has 0 aromatic heterocycles. The van der Waals surface area contributed by atoms with Gasteiger partial charge in [0.05, 0.1) is 0 Å². The van der Waals surface area contributed by atoms with Gasteiger partial charge in [0.15, 0.2) is 0 Å². The number of benzene rings is 1. The molecule has 1 aromatic rings. The fourth-order valence-corrected chi connectivity index (χ4v) is 3.10. The van der Waals surface area contributed by atoms with Crippen LogP contribution in [0.1, 0.15) is 37.7 Å². The van der Waals surface area contributed by atoms with Gasteiger partial charge >= 0.3 is 0 Å². The second-order valence-corrected chi connectivity index (χ2v) is 7.00. The SMILES string of the molecule is NC(CC(=O)N(Cc1cccc(Br)c1)C1CC1)C1CC1. The van der Waals surface area contributed by atoms with Crippen LogP contribution in [0.25, 0.3) is 0 Å². The summed E-state index contributed by atoms with van der Waals surface area (Å²) in [5, 5.41) is 0. The molecular weight excluding hydrogens is 316 g/mol. The number of carbonyl (C=O) groups is 1. The van der Waals surface area contributed by atoms with E-state index in [1.54, 1.807) is 0 Å². The van der Waals surface area contributed by atoms with Gasteiger partial charge in [-0.25, -0.2) is 0 Å². The van der Waals surface area contributed by atoms with Gasteiger partial charge in [0.1, 0.15) is 0 Å². The van der Waals surface area contributed by atoms with Crippen molar-refractivity contribution in [2.75, 3.05) is 0 Å². The predicted molar refractivity (Wildman–Crippen MR) is 83.0 cm³/mol. The van der Waals surface area contributed by atoms with Crippen molar-refractivity contribution in [1.82, 2.24) is 4.90 Å². The number of nitrogens with two attached hydrogens (primary N) is 1. The van der Waals surface area contributed by atoms with Crippen LogP contribution in [0, 0.1) is 5.92 Å². The summed E-state index contributed by atoms with van der Waals surface area (Å²) in [6.07, 6.45) is 5.18. The Morgan fingerprint density at radius 3 is 2.70 bits per heavy atom. The molecule has 3 nitrogen and oxygen atoms in total. The van der Waals surface area contributed by atoms with Crippen LogP contribution in [-0.2, 0) is 11.3 Å². The van der Waals surface area contributed by atoms with E-state index in [2.05, 4.69) is 28.1 Å². The van der Waals surface area contributed by atoms with E-state index in [0.29, 0.717) is 24.9 Å². The maximum atomic E-state index is 12.5. The van der Waals surface area contributed by atoms with E-state index in [1.807, 2.05) is 17.0 Å². The molecule has 108 valence electrons. The summed E-state index contributed by atoms with van der Waals surface area (Å²) in [7, 11) is 0. The Morgan fingerprint density at radius 1 is 1.35 bits per heavy atom. The second kappa shape index (κ2) is 5.86. The standard InChI is InChI=1S/C16H21BrN2O/c17-13-3-1-2-11(8-13)10-19(14-6-7-14)16(20)9-15(18)12-4-5-12/h1-3,8,12,14-15H,4-7,9-10,18H2. The summed E-state index contributed by atoms with van der Waals surface area (Å²) in [6, 6.07) is 8.69. The zero-order valence-corrected chi connectivity index (χ0v) is 13.2. The van der Waals surface area contributed by atoms with Crippen LogP contribution in [0.4, 0.5) is 0 Å². The number of hydrogen-bond acceptors (Lipinski definition) is 2. The zero-order valence-electron chi connectivity index (χ0n) is 11.6. The van der Waals surface area contributed by atoms with Crippen molar-refractivity contribution in [2.45, 2.75) is 50.7 Å². The number of hydrogen-bond donors (Lipinski definition) is 1. The second-order valence-electron chi connectivity index (χ2n) is 6.09. The van der Waals surface area contributed by atoms with Crippen molar-refractivity contribution in [1.29, 1.82) is 0 Å². The quantitative estimate of drug-likeness (QED) is 0.867. The Hall–Kier alpha value is -0.870. The van der Waals surface area contributed by atoms with Crippen LogP contribution < -0.4 is 5.73 Å². The Bertz CT molecular complexity index is 497. The lowest BCUT2D eigenvalue weighted by molar-refractivity contribution is -0.132. The highest BCUT2D eigenvalue weighted by molar-refractivity contribution is 9.10. The van der Waals surface area contributed by atoms with Crippen molar-refractivity contribution in [3.63, 3.8) is 0 Å². The first-order valence-electron chi connectivity index (χ1n) is 7.43. The molecule has 3 rings (SSSR count). The van der Waals surface area contributed by atoms with Gasteiger partial charge in [-0.2, -0.15) is 0 Å². The number of amides is 1. The fraction of sp³-hybridized carbons (Fsp3) is 0.562. The van der Waals surface area contributed by atoms with Gasteiger partial charge in [0.2, 0.25) is 5.91 Å². The molecule has 0 spiro atoms. The maximum absolute atomic E-state index is 12.5. The number of rotatable bonds is 6. The molecule has 0 heterocycles. The molecule has 2 fully saturated rings. The van der Waals surface area contributed by atoms with Gasteiger partial charge in [-0.15, -0.1) is 0 Å². The average molecular weight is 337 g/mol. The number of nitrogens with zero attached hydrogens (tertiary/aromatic N) is 1. The molecule has 0 aliphatic heterocycles. The summed E-state index contributed by atoms with van der Waals surface area (Å²) in [5.41, 5.74) is 7.28. The van der Waals surface area contributed by atoms with Crippen LogP contribution in [0.3, 0.4) is 0 Å². The van der Waals surface area contributed by atoms with E-state index in [1.165, 1.54) is 18.4 Å². The van der Waals surface area contributed by atoms with Crippen molar-refractivity contribution in [3.05, 3.63) is 34.3 Å². The van der Waals surface area contributed by atoms with Gasteiger partial charge in [-0.1, -0.05) is 28.1 Å². The molecular formula is C16H21BrN2O. The highest BCUT2D eigenvalue weighted by atomic mass is 79.9. The van der Waals surface area contributed by atoms with E-state index in [4.69, 9.17) is 5.73 Å². The third kappa shape index (κ3) is 3.61. The summed E-state index contributed by atoms with van der Waals surface area (Å²) < 4.78 is 1.06. The molecule has 20 heavy (non-hydrogen) atoms. The Morgan fingerprint density at radius 2 is 2.10 bits per heavy atom. The van der Waals surface area contributed by atoms with E-state index in [-0.39, 0.29) is 11.9 Å². The summed E-state index contributed by atoms with van der Waals surface area (Å²) in [6.45, 7) is 0.709. The van der Waals surface area contributed by atoms with E-state index in [9.17, 15) is 4.79 Å². The molecule has 1 aromatic carbocycles. The minimum atomic E-state index is 0.0614. The van der Waals surface area contributed by atoms with E-state index >= 15 is 0 Å². The van der Waals surface area contributed by atoms with Gasteiger partial charge in [-0.3, -0.25) is 4.79 Å². The van der Waals surface area contributed by atoms with Gasteiger partial charge in [-0.05, 0) is 49.3 Å². The monoisotopic (exact) mass is 336 g/mol. The van der Waals surface area contributed by atoms with Crippen molar-refractivity contribution >= 4 is 21.8 Å². The summed E-state index contributed by atoms with van der Waals surface area (Å²) in [5.74, 6) is 0.817. The van der Waals surface area contributed by atoms with Crippen molar-refractivity contribution in [3.8, 4) is 0 Å². The molecule has 2 saturated carbocycles. The molecule has 4 heteroatoms. The van der Waals surface area contributed by atoms with Crippen molar-refractivity contribution in [2.24, 2.45) is 11.7 Å². The predicted octanol–water partition coefficient (Wildman–Crippen LogP) is 3.07. The average Bonchev–Trinajstić information content (AvgIpc) is 3.29. The van der Waals surface area contributed by atoms with Crippen LogP contribution in [0.2, 0.25) is 0 Å². The van der Waals surface area contributed by atoms with Crippen LogP contribution in [0.5, 0.6) is 0 Å². The molecule has 1 unspecified atom stereocenters. The first-order valence-corrected chi connectivity index (χ1v) is 8.22. The lowest BCUT2D eigenvalue weighted by Crippen LogP contribution is -2.37. The van der Waals surface area contributed by atoms with E-state index in [0.717, 1.165) is 17.3 Å². The van der Waals surface area contributed by atoms with Crippen LogP contribution in [0.15, 0.2) is 28.7 Å². The normalized spacial score (nSPS) is 19.7. The largest absolute Gasteiger partial charge is 0.335 e. The fourth-order valence-electron chi connectivity index (χ4n) is 2.65. The van der Waals surface area contributed by atoms with Crippen LogP contribution in [-0.4, -0.2) is 22.9 Å². The third-order valence-electron chi connectivity index (χ3n) is 4.19. The third-order valence-corrected chi connectivity index (χ3v) is 4.68. The van der Waals surface area contributed by atoms with Crippen LogP contribution >= 0.6 is 15.9 Å². The molecule has 0 bridgehead atoms. The number of carbonyl (C=O) groups excluding carboxylic acids is 1. The number of halogens is 1. The van der Waals surface area contributed by atoms with Gasteiger partial charge in [0, 0.05) is 29.5 Å². The van der Waals surface area contributed by atoms with Gasteiger partial charge < -0.3 is 10.6 Å². The zero-order chi connectivity index (χ0) is 14.1. The maximum Gasteiger partial charge on any atom is 0.224 e. The smallest absolute Gasteiger partial charge is 0.224 e. The Balaban J connectivity index is 1.64. The van der Waals surface area contributed by atoms with Gasteiger partial charge in [0.25, 0.3) is 0 Å². The molecule has 0 saturated heterocycles. The van der Waals surface area contributed by atoms with Crippen molar-refractivity contribution < 1.29 is 4.79 Å². The molecule has 2 N–H and O–H groups in total. The first kappa shape index (κ1) is 14.1. The Kier molecular flexibility index (Phi) is 4.13. The minimum Gasteiger partial charge on any atom is -0.335 e. The molecule has 2 aliphatic rings. The molecule has 2 aliphatic carbocycles. The lowest BCUT2D eigenvalue weighted by atomic mass is 10.1. The molecule has 1 amide bonds. The molecule has 1 atom stereocenters. The minimum absolute atomic E-state index is 0.0614. The highest BCUT2D eigenvalue weighted by Crippen LogP contribution is 2.34. The van der Waals surface area contributed by atoms with E-state index < -0.39 is 0 Å². The highest BCUT2D eigenvalue weighted by Gasteiger charge is 2.35. The molecule has 0 radical (unpaired) electrons. The Labute approximate surface area is 128 Å². The first-order chi connectivity index (χ1) is 9.63. The topological polar surface area (TPSA) is 46.3 Å². The lowest BCUT2D eigenvalue weighted by Gasteiger charge is -2.24. The summed E-state index contributed by atoms with van der Waals surface area (Å²) in [4.78, 5) is 14.5.